The molecule has 1 saturated carbocycles. The summed E-state index contributed by atoms with van der Waals surface area (Å²) < 4.78 is 41.1. The molecule has 1 atom stereocenters. The maximum absolute atomic E-state index is 16.1. The van der Waals surface area contributed by atoms with Crippen LogP contribution in [-0.2, 0) is 16.8 Å². The summed E-state index contributed by atoms with van der Waals surface area (Å²) in [5, 5.41) is 15.6. The van der Waals surface area contributed by atoms with Crippen LogP contribution in [-0.4, -0.2) is 52.8 Å². The van der Waals surface area contributed by atoms with Crippen molar-refractivity contribution in [2.45, 2.75) is 44.4 Å². The Morgan fingerprint density at radius 1 is 1.16 bits per heavy atom. The van der Waals surface area contributed by atoms with Crippen molar-refractivity contribution in [2.75, 3.05) is 20.3 Å². The number of aliphatic hydroxyl groups is 1. The summed E-state index contributed by atoms with van der Waals surface area (Å²) in [6.07, 6.45) is -0.273. The molecule has 2 aromatic carbocycles. The molecule has 4 aromatic rings. The summed E-state index contributed by atoms with van der Waals surface area (Å²) in [4.78, 5) is 34.5. The SMILES string of the molecule is CCOc1c(CC(N)=O)cc([C@@](O)(CNC(=O)c2cc(OC)c3nc(C)c(Cl)cc3c2)C2(F)CC2)nc1-c1ccc(F)cc1. The van der Waals surface area contributed by atoms with Gasteiger partial charge in [-0.05, 0) is 75.2 Å². The number of hydrogen-bond acceptors (Lipinski definition) is 7. The van der Waals surface area contributed by atoms with Gasteiger partial charge in [-0.25, -0.2) is 18.7 Å². The summed E-state index contributed by atoms with van der Waals surface area (Å²) in [5.41, 5.74) is 3.05. The van der Waals surface area contributed by atoms with Crippen LogP contribution < -0.4 is 20.5 Å². The number of halogens is 3. The molecule has 0 saturated heterocycles. The summed E-state index contributed by atoms with van der Waals surface area (Å²) in [6, 6.07) is 11.4. The van der Waals surface area contributed by atoms with Crippen LogP contribution in [0.25, 0.3) is 22.2 Å². The lowest BCUT2D eigenvalue weighted by Crippen LogP contribution is -2.49. The Kier molecular flexibility index (Phi) is 8.46. The quantitative estimate of drug-likeness (QED) is 0.215. The average Bonchev–Trinajstić information content (AvgIpc) is 3.75. The van der Waals surface area contributed by atoms with Crippen molar-refractivity contribution in [3.63, 3.8) is 0 Å². The fraction of sp³-hybridized carbons (Fsp3) is 0.312. The molecule has 12 heteroatoms. The number of aromatic nitrogens is 2. The predicted octanol–water partition coefficient (Wildman–Crippen LogP) is 4.95. The first-order chi connectivity index (χ1) is 20.9. The molecule has 0 radical (unpaired) electrons. The number of carbonyl (C=O) groups is 2. The molecular formula is C32H31ClF2N4O5. The highest BCUT2D eigenvalue weighted by atomic mass is 35.5. The molecular weight excluding hydrogens is 594 g/mol. The maximum Gasteiger partial charge on any atom is 0.251 e. The van der Waals surface area contributed by atoms with Gasteiger partial charge in [-0.15, -0.1) is 0 Å². The number of benzene rings is 2. The van der Waals surface area contributed by atoms with Crippen LogP contribution in [0.4, 0.5) is 8.78 Å². The highest BCUT2D eigenvalue weighted by molar-refractivity contribution is 6.31. The highest BCUT2D eigenvalue weighted by Gasteiger charge is 2.62. The van der Waals surface area contributed by atoms with Crippen LogP contribution in [0.15, 0.2) is 48.5 Å². The van der Waals surface area contributed by atoms with Gasteiger partial charge in [-0.2, -0.15) is 0 Å². The van der Waals surface area contributed by atoms with Crippen LogP contribution >= 0.6 is 11.6 Å². The minimum absolute atomic E-state index is 0.0125. The van der Waals surface area contributed by atoms with Gasteiger partial charge < -0.3 is 25.6 Å². The molecule has 2 amide bonds. The van der Waals surface area contributed by atoms with Gasteiger partial charge in [0.05, 0.1) is 43.1 Å². The number of ether oxygens (including phenoxy) is 2. The van der Waals surface area contributed by atoms with Gasteiger partial charge in [0, 0.05) is 22.1 Å². The van der Waals surface area contributed by atoms with Gasteiger partial charge in [0.1, 0.15) is 34.2 Å². The molecule has 230 valence electrons. The molecule has 44 heavy (non-hydrogen) atoms. The zero-order valence-electron chi connectivity index (χ0n) is 24.3. The number of fused-ring (bicyclic) bond motifs is 1. The Bertz CT molecular complexity index is 1760. The molecule has 0 aliphatic heterocycles. The number of rotatable bonds is 11. The third-order valence-corrected chi connectivity index (χ3v) is 8.06. The zero-order chi connectivity index (χ0) is 31.8. The van der Waals surface area contributed by atoms with Crippen LogP contribution in [0.1, 0.15) is 47.1 Å². The molecule has 4 N–H and O–H groups in total. The summed E-state index contributed by atoms with van der Waals surface area (Å²) in [6.45, 7) is 3.12. The van der Waals surface area contributed by atoms with E-state index in [1.54, 1.807) is 26.0 Å². The number of hydrogen-bond donors (Lipinski definition) is 3. The summed E-state index contributed by atoms with van der Waals surface area (Å²) >= 11 is 6.26. The number of pyridine rings is 2. The summed E-state index contributed by atoms with van der Waals surface area (Å²) in [5.74, 6) is -1.27. The predicted molar refractivity (Wildman–Crippen MR) is 161 cm³/mol. The molecule has 9 nitrogen and oxygen atoms in total. The second-order valence-corrected chi connectivity index (χ2v) is 11.1. The van der Waals surface area contributed by atoms with E-state index in [0.717, 1.165) is 0 Å². The van der Waals surface area contributed by atoms with E-state index >= 15 is 4.39 Å². The number of carbonyl (C=O) groups excluding carboxylic acids is 2. The Balaban J connectivity index is 1.57. The number of methoxy groups -OCH3 is 1. The van der Waals surface area contributed by atoms with Gasteiger partial charge in [0.15, 0.2) is 5.60 Å². The molecule has 0 unspecified atom stereocenters. The van der Waals surface area contributed by atoms with E-state index in [4.69, 9.17) is 26.8 Å². The molecule has 1 aliphatic carbocycles. The lowest BCUT2D eigenvalue weighted by atomic mass is 9.88. The number of aryl methyl sites for hydroxylation is 1. The second-order valence-electron chi connectivity index (χ2n) is 10.7. The van der Waals surface area contributed by atoms with Crippen molar-refractivity contribution in [1.82, 2.24) is 15.3 Å². The number of nitrogens with one attached hydrogen (secondary N) is 1. The fourth-order valence-corrected chi connectivity index (χ4v) is 5.31. The van der Waals surface area contributed by atoms with E-state index in [1.807, 2.05) is 0 Å². The van der Waals surface area contributed by atoms with Crippen molar-refractivity contribution in [3.8, 4) is 22.8 Å². The van der Waals surface area contributed by atoms with E-state index in [1.165, 1.54) is 43.5 Å². The zero-order valence-corrected chi connectivity index (χ0v) is 25.1. The van der Waals surface area contributed by atoms with Crippen molar-refractivity contribution in [1.29, 1.82) is 0 Å². The minimum Gasteiger partial charge on any atom is -0.494 e. The molecule has 1 fully saturated rings. The number of nitrogens with zero attached hydrogens (tertiary/aromatic N) is 2. The first kappa shape index (κ1) is 31.1. The van der Waals surface area contributed by atoms with Gasteiger partial charge in [0.2, 0.25) is 5.91 Å². The van der Waals surface area contributed by atoms with Crippen LogP contribution in [0.5, 0.6) is 11.5 Å². The Morgan fingerprint density at radius 3 is 2.48 bits per heavy atom. The number of alkyl halides is 1. The van der Waals surface area contributed by atoms with Crippen molar-refractivity contribution in [2.24, 2.45) is 5.73 Å². The van der Waals surface area contributed by atoms with Gasteiger partial charge >= 0.3 is 0 Å². The van der Waals surface area contributed by atoms with Gasteiger partial charge in [0.25, 0.3) is 5.91 Å². The smallest absolute Gasteiger partial charge is 0.251 e. The first-order valence-electron chi connectivity index (χ1n) is 13.9. The Hall–Kier alpha value is -4.35. The standard InChI is InChI=1S/C32H31ClF2N4O5/c1-4-44-29-20(15-26(36)40)14-25(39-28(29)18-5-7-22(34)8-6-18)32(42,31(35)9-10-31)16-37-30(41)21-11-19-12-23(33)17(2)38-27(19)24(13-21)43-3/h5-8,11-14,42H,4,9-10,15-16H2,1-3H3,(H2,36,40)(H,37,41)/t32-/m0/s1. The normalized spacial score (nSPS) is 15.0. The minimum atomic E-state index is -2.31. The third kappa shape index (κ3) is 5.89. The summed E-state index contributed by atoms with van der Waals surface area (Å²) in [7, 11) is 1.45. The lowest BCUT2D eigenvalue weighted by Gasteiger charge is -2.33. The van der Waals surface area contributed by atoms with Crippen LogP contribution in [0.3, 0.4) is 0 Å². The van der Waals surface area contributed by atoms with Crippen molar-refractivity contribution in [3.05, 3.63) is 81.9 Å². The first-order valence-corrected chi connectivity index (χ1v) is 14.3. The van der Waals surface area contributed by atoms with Crippen LogP contribution in [0.2, 0.25) is 5.02 Å². The number of amides is 2. The van der Waals surface area contributed by atoms with E-state index in [-0.39, 0.29) is 54.1 Å². The average molecular weight is 625 g/mol. The molecule has 5 rings (SSSR count). The molecule has 0 spiro atoms. The Morgan fingerprint density at radius 2 is 1.86 bits per heavy atom. The van der Waals surface area contributed by atoms with E-state index in [2.05, 4.69) is 15.3 Å². The van der Waals surface area contributed by atoms with E-state index < -0.39 is 35.4 Å². The maximum atomic E-state index is 16.1. The van der Waals surface area contributed by atoms with E-state index in [9.17, 15) is 19.1 Å². The van der Waals surface area contributed by atoms with Gasteiger partial charge in [-0.3, -0.25) is 9.59 Å². The molecule has 1 aliphatic rings. The molecule has 0 bridgehead atoms. The molecule has 2 aromatic heterocycles. The third-order valence-electron chi connectivity index (χ3n) is 7.67. The Labute approximate surface area is 257 Å². The number of primary amides is 1. The van der Waals surface area contributed by atoms with Crippen molar-refractivity contribution < 1.29 is 33.0 Å². The van der Waals surface area contributed by atoms with Gasteiger partial charge in [-0.1, -0.05) is 11.6 Å². The topological polar surface area (TPSA) is 137 Å². The fourth-order valence-electron chi connectivity index (χ4n) is 5.15. The van der Waals surface area contributed by atoms with E-state index in [0.29, 0.717) is 32.9 Å². The largest absolute Gasteiger partial charge is 0.494 e. The number of nitrogens with two attached hydrogens (primary N) is 1. The molecule has 2 heterocycles. The lowest BCUT2D eigenvalue weighted by molar-refractivity contribution is -0.117. The monoisotopic (exact) mass is 624 g/mol. The highest BCUT2D eigenvalue weighted by Crippen LogP contribution is 2.53. The van der Waals surface area contributed by atoms with Crippen LogP contribution in [0, 0.1) is 12.7 Å². The van der Waals surface area contributed by atoms with Crippen molar-refractivity contribution >= 4 is 34.3 Å². The second kappa shape index (κ2) is 12.0.